The van der Waals surface area contributed by atoms with Crippen LogP contribution >= 0.6 is 0 Å². The number of hydrogen-bond donors (Lipinski definition) is 3. The molecule has 0 saturated carbocycles. The van der Waals surface area contributed by atoms with Crippen molar-refractivity contribution in [2.45, 2.75) is 38.3 Å². The van der Waals surface area contributed by atoms with E-state index in [4.69, 9.17) is 19.6 Å². The number of hydrogen-bond acceptors (Lipinski definition) is 8. The fourth-order valence-electron chi connectivity index (χ4n) is 4.65. The van der Waals surface area contributed by atoms with Crippen LogP contribution in [0.2, 0.25) is 0 Å². The lowest BCUT2D eigenvalue weighted by Crippen LogP contribution is -2.54. The van der Waals surface area contributed by atoms with Gasteiger partial charge in [-0.1, -0.05) is 72.6 Å². The van der Waals surface area contributed by atoms with Crippen molar-refractivity contribution < 1.29 is 19.4 Å². The summed E-state index contributed by atoms with van der Waals surface area (Å²) in [6.07, 6.45) is -0.521. The van der Waals surface area contributed by atoms with Crippen molar-refractivity contribution in [1.29, 1.82) is 0 Å². The van der Waals surface area contributed by atoms with Gasteiger partial charge in [0.1, 0.15) is 5.75 Å². The lowest BCUT2D eigenvalue weighted by molar-refractivity contribution is -0.130. The summed E-state index contributed by atoms with van der Waals surface area (Å²) in [5, 5.41) is 16.7. The zero-order valence-electron chi connectivity index (χ0n) is 23.9. The van der Waals surface area contributed by atoms with Crippen LogP contribution in [-0.2, 0) is 16.0 Å². The van der Waals surface area contributed by atoms with Gasteiger partial charge in [-0.25, -0.2) is 10.4 Å². The Balaban J connectivity index is 1.86. The Hall–Kier alpha value is -5.06. The molecule has 2 atom stereocenters. The molecule has 3 aromatic rings. The Morgan fingerprint density at radius 1 is 1.05 bits per heavy atom. The number of aliphatic hydroxyl groups excluding tert-OH is 1. The first-order valence-electron chi connectivity index (χ1n) is 13.8. The van der Waals surface area contributed by atoms with E-state index >= 15 is 0 Å². The smallest absolute Gasteiger partial charge is 0.266 e. The molecule has 43 heavy (non-hydrogen) atoms. The van der Waals surface area contributed by atoms with Crippen LogP contribution in [0.3, 0.4) is 0 Å². The van der Waals surface area contributed by atoms with Crippen molar-refractivity contribution >= 4 is 23.2 Å². The second-order valence-electron chi connectivity index (χ2n) is 10.3. The van der Waals surface area contributed by atoms with Gasteiger partial charge in [-0.05, 0) is 46.8 Å². The van der Waals surface area contributed by atoms with E-state index in [1.54, 1.807) is 72.8 Å². The SMILES string of the molecule is CC(C)CNNC(=O)[C@@]1(Cc2ccccc2N=[N+]=[N-])N=C(c2ccc(OCCCO)cc2)O[C@H]1c1ccccc1N=[N+]=[N-]. The Kier molecular flexibility index (Phi) is 10.6. The molecule has 1 aliphatic rings. The molecular weight excluding hydrogens is 550 g/mol. The third kappa shape index (κ3) is 7.42. The summed E-state index contributed by atoms with van der Waals surface area (Å²) in [4.78, 5) is 25.1. The van der Waals surface area contributed by atoms with Crippen molar-refractivity contribution in [3.05, 3.63) is 110 Å². The van der Waals surface area contributed by atoms with Crippen LogP contribution in [0.5, 0.6) is 5.75 Å². The minimum Gasteiger partial charge on any atom is -0.494 e. The van der Waals surface area contributed by atoms with Gasteiger partial charge in [0.05, 0.1) is 6.61 Å². The van der Waals surface area contributed by atoms with Gasteiger partial charge < -0.3 is 14.6 Å². The third-order valence-electron chi connectivity index (χ3n) is 6.72. The molecule has 0 radical (unpaired) electrons. The minimum atomic E-state index is -1.61. The van der Waals surface area contributed by atoms with E-state index in [0.717, 1.165) is 0 Å². The first-order chi connectivity index (χ1) is 20.9. The molecule has 1 aliphatic heterocycles. The van der Waals surface area contributed by atoms with Crippen molar-refractivity contribution in [1.82, 2.24) is 10.9 Å². The number of benzene rings is 3. The molecule has 4 rings (SSSR count). The second-order valence-corrected chi connectivity index (χ2v) is 10.3. The molecular formula is C30H33N9O4. The number of azide groups is 2. The number of ether oxygens (including phenoxy) is 2. The highest BCUT2D eigenvalue weighted by Gasteiger charge is 2.54. The van der Waals surface area contributed by atoms with E-state index < -0.39 is 17.6 Å². The number of rotatable bonds is 14. The summed E-state index contributed by atoms with van der Waals surface area (Å²) in [5.74, 6) is 0.568. The third-order valence-corrected chi connectivity index (χ3v) is 6.72. The van der Waals surface area contributed by atoms with E-state index in [1.807, 2.05) is 13.8 Å². The van der Waals surface area contributed by atoms with Gasteiger partial charge in [0, 0.05) is 58.3 Å². The summed E-state index contributed by atoms with van der Waals surface area (Å²) in [6, 6.07) is 20.9. The molecule has 13 nitrogen and oxygen atoms in total. The lowest BCUT2D eigenvalue weighted by Gasteiger charge is -2.32. The Bertz CT molecular complexity index is 1550. The van der Waals surface area contributed by atoms with E-state index in [0.29, 0.717) is 47.7 Å². The zero-order chi connectivity index (χ0) is 30.7. The molecule has 1 amide bonds. The molecule has 0 aliphatic carbocycles. The molecule has 0 aromatic heterocycles. The van der Waals surface area contributed by atoms with Crippen LogP contribution in [0.25, 0.3) is 20.9 Å². The number of nitrogens with one attached hydrogen (secondary N) is 2. The molecule has 1 heterocycles. The minimum absolute atomic E-state index is 0.00148. The standard InChI is InChI=1S/C30H33N9O4/c1-20(2)19-33-37-29(41)30(18-22-8-3-5-10-25(22)35-38-31)27(24-9-4-6-11-26(24)36-39-32)43-28(34-30)21-12-14-23(15-13-21)42-17-7-16-40/h3-6,8-15,20,27,33,40H,7,16-19H2,1-2H3,(H,37,41)/t27-,30-/m0/s1. The topological polar surface area (TPSA) is 190 Å². The van der Waals surface area contributed by atoms with E-state index in [9.17, 15) is 15.9 Å². The normalized spacial score (nSPS) is 17.3. The van der Waals surface area contributed by atoms with E-state index in [2.05, 4.69) is 30.9 Å². The maximum atomic E-state index is 14.2. The van der Waals surface area contributed by atoms with Gasteiger partial charge >= 0.3 is 0 Å². The molecule has 0 saturated heterocycles. The average molecular weight is 584 g/mol. The highest BCUT2D eigenvalue weighted by Crippen LogP contribution is 2.46. The van der Waals surface area contributed by atoms with Crippen molar-refractivity contribution in [3.63, 3.8) is 0 Å². The summed E-state index contributed by atoms with van der Waals surface area (Å²) in [5.41, 5.74) is 24.9. The quantitative estimate of drug-likeness (QED) is 0.0677. The molecule has 3 aromatic carbocycles. The van der Waals surface area contributed by atoms with Crippen molar-refractivity contribution in [2.24, 2.45) is 21.1 Å². The van der Waals surface area contributed by atoms with Gasteiger partial charge in [-0.2, -0.15) is 0 Å². The van der Waals surface area contributed by atoms with Crippen LogP contribution < -0.4 is 15.6 Å². The number of nitrogens with zero attached hydrogens (tertiary/aromatic N) is 7. The maximum absolute atomic E-state index is 14.2. The van der Waals surface area contributed by atoms with Crippen LogP contribution in [0, 0.1) is 5.92 Å². The van der Waals surface area contributed by atoms with Gasteiger partial charge in [0.15, 0.2) is 11.6 Å². The molecule has 0 bridgehead atoms. The summed E-state index contributed by atoms with van der Waals surface area (Å²) >= 11 is 0. The van der Waals surface area contributed by atoms with Crippen molar-refractivity contribution in [3.8, 4) is 5.75 Å². The first kappa shape index (κ1) is 30.9. The van der Waals surface area contributed by atoms with Crippen LogP contribution in [0.1, 0.15) is 43.1 Å². The number of hydrazine groups is 1. The molecule has 0 fully saturated rings. The Morgan fingerprint density at radius 3 is 2.42 bits per heavy atom. The maximum Gasteiger partial charge on any atom is 0.266 e. The first-order valence-corrected chi connectivity index (χ1v) is 13.8. The fraction of sp³-hybridized carbons (Fsp3) is 0.333. The molecule has 0 spiro atoms. The van der Waals surface area contributed by atoms with Crippen LogP contribution in [-0.4, -0.2) is 42.2 Å². The predicted molar refractivity (Wildman–Crippen MR) is 162 cm³/mol. The predicted octanol–water partition coefficient (Wildman–Crippen LogP) is 6.11. The van der Waals surface area contributed by atoms with Gasteiger partial charge in [-0.3, -0.25) is 10.2 Å². The zero-order valence-corrected chi connectivity index (χ0v) is 23.9. The van der Waals surface area contributed by atoms with Gasteiger partial charge in [0.25, 0.3) is 5.91 Å². The summed E-state index contributed by atoms with van der Waals surface area (Å²) in [6.45, 7) is 4.92. The van der Waals surface area contributed by atoms with Gasteiger partial charge in [0.2, 0.25) is 5.90 Å². The van der Waals surface area contributed by atoms with E-state index in [-0.39, 0.29) is 30.5 Å². The lowest BCUT2D eigenvalue weighted by atomic mass is 9.81. The van der Waals surface area contributed by atoms with Crippen molar-refractivity contribution in [2.75, 3.05) is 19.8 Å². The molecule has 3 N–H and O–H groups in total. The Morgan fingerprint density at radius 2 is 1.72 bits per heavy atom. The monoisotopic (exact) mass is 583 g/mol. The highest BCUT2D eigenvalue weighted by molar-refractivity contribution is 6.01. The highest BCUT2D eigenvalue weighted by atomic mass is 16.5. The Labute approximate surface area is 248 Å². The largest absolute Gasteiger partial charge is 0.494 e. The average Bonchev–Trinajstić information content (AvgIpc) is 3.39. The van der Waals surface area contributed by atoms with Gasteiger partial charge in [-0.15, -0.1) is 0 Å². The molecule has 222 valence electrons. The molecule has 0 unspecified atom stereocenters. The van der Waals surface area contributed by atoms with E-state index in [1.165, 1.54) is 0 Å². The number of aliphatic imine (C=N–C) groups is 1. The number of carbonyl (C=O) groups excluding carboxylic acids is 1. The number of aliphatic hydroxyl groups is 1. The number of carbonyl (C=O) groups is 1. The van der Waals surface area contributed by atoms with Crippen LogP contribution in [0.4, 0.5) is 11.4 Å². The number of amides is 1. The summed E-state index contributed by atoms with van der Waals surface area (Å²) in [7, 11) is 0. The fourth-order valence-corrected chi connectivity index (χ4v) is 4.65. The second kappa shape index (κ2) is 14.7. The summed E-state index contributed by atoms with van der Waals surface area (Å²) < 4.78 is 12.2. The van der Waals surface area contributed by atoms with Crippen LogP contribution in [0.15, 0.2) is 88.0 Å². The molecule has 13 heteroatoms.